The summed E-state index contributed by atoms with van der Waals surface area (Å²) in [5.41, 5.74) is -2.16. The van der Waals surface area contributed by atoms with Crippen LogP contribution in [0.5, 0.6) is 0 Å². The molecule has 2 amide bonds. The molecule has 4 aliphatic rings. The first-order valence-electron chi connectivity index (χ1n) is 15.7. The number of carbonyl (C=O) groups excluding carboxylic acids is 4. The van der Waals surface area contributed by atoms with Gasteiger partial charge >= 0.3 is 12.1 Å². The van der Waals surface area contributed by atoms with E-state index in [1.54, 1.807) is 20.8 Å². The topological polar surface area (TPSA) is 170 Å². The van der Waals surface area contributed by atoms with E-state index in [4.69, 9.17) is 19.0 Å². The second-order valence-electron chi connectivity index (χ2n) is 13.8. The summed E-state index contributed by atoms with van der Waals surface area (Å²) in [6.07, 6.45) is 2.37. The Morgan fingerprint density at radius 3 is 2.45 bits per heavy atom. The zero-order valence-electron chi connectivity index (χ0n) is 26.5. The molecular formula is C31H47N3O10. The van der Waals surface area contributed by atoms with Gasteiger partial charge in [0, 0.05) is 39.2 Å². The number of nitrogens with zero attached hydrogens (tertiary/aromatic N) is 2. The van der Waals surface area contributed by atoms with Gasteiger partial charge in [-0.2, -0.15) is 0 Å². The lowest BCUT2D eigenvalue weighted by Gasteiger charge is -2.35. The number of hydrogen-bond acceptors (Lipinski definition) is 10. The second kappa shape index (κ2) is 13.9. The predicted molar refractivity (Wildman–Crippen MR) is 157 cm³/mol. The van der Waals surface area contributed by atoms with E-state index in [0.717, 1.165) is 19.3 Å². The lowest BCUT2D eigenvalue weighted by atomic mass is 9.84. The van der Waals surface area contributed by atoms with Crippen molar-refractivity contribution in [2.45, 2.75) is 115 Å². The molecule has 1 spiro atoms. The zero-order chi connectivity index (χ0) is 32.2. The molecule has 0 aromatic heterocycles. The molecule has 13 heteroatoms. The van der Waals surface area contributed by atoms with Crippen molar-refractivity contribution in [1.29, 1.82) is 0 Å². The van der Waals surface area contributed by atoms with Crippen LogP contribution in [0.4, 0.5) is 4.79 Å². The number of carboxylic acid groups (broad SMARTS) is 1. The SMILES string of the molecule is CCC[C@H](CC(=O)[C@@H]1C[C@]2(CC(C(=O)O)=NO2)CN1C(=O)[C@@H](NC(=O)O[C@H]1CCOC1)C(C)(C)C)C(OC)C(=O)CC1CC1. The van der Waals surface area contributed by atoms with Gasteiger partial charge in [0.15, 0.2) is 22.9 Å². The van der Waals surface area contributed by atoms with Crippen LogP contribution in [-0.2, 0) is 38.2 Å². The van der Waals surface area contributed by atoms with E-state index in [9.17, 15) is 29.1 Å². The summed E-state index contributed by atoms with van der Waals surface area (Å²) in [5.74, 6) is -2.05. The number of Topliss-reactive ketones (excluding diaryl/α,β-unsaturated/α-hetero) is 2. The normalized spacial score (nSPS) is 26.9. The lowest BCUT2D eigenvalue weighted by Crippen LogP contribution is -2.57. The fourth-order valence-electron chi connectivity index (χ4n) is 6.46. The Kier molecular flexibility index (Phi) is 10.7. The van der Waals surface area contributed by atoms with Gasteiger partial charge in [-0.3, -0.25) is 14.4 Å². The molecule has 246 valence electrons. The number of oxime groups is 1. The first kappa shape index (κ1) is 33.8. The predicted octanol–water partition coefficient (Wildman–Crippen LogP) is 2.88. The average Bonchev–Trinajstić information content (AvgIpc) is 3.32. The molecule has 44 heavy (non-hydrogen) atoms. The third kappa shape index (κ3) is 8.15. The molecule has 4 rings (SSSR count). The maximum Gasteiger partial charge on any atom is 0.408 e. The standard InChI is InChI=1S/C31H47N3O10/c1-6-7-19(25(41-5)24(36)12-18-8-9-18)13-23(35)22-15-31(14-21(28(38)39)33-44-31)17-34(22)27(37)26(30(2,3)4)32-29(40)43-20-10-11-42-16-20/h18-20,22,25-26H,6-17H2,1-5H3,(H,32,40)(H,38,39)/t19-,20+,22+,25?,26-,31-/m1/s1. The van der Waals surface area contributed by atoms with E-state index >= 15 is 0 Å². The molecule has 6 atom stereocenters. The van der Waals surface area contributed by atoms with Gasteiger partial charge in [-0.05, 0) is 36.5 Å². The minimum absolute atomic E-state index is 0.00272. The number of ketones is 2. The van der Waals surface area contributed by atoms with Crippen LogP contribution in [0.25, 0.3) is 0 Å². The third-order valence-corrected chi connectivity index (χ3v) is 8.99. The second-order valence-corrected chi connectivity index (χ2v) is 13.8. The minimum atomic E-state index is -1.23. The summed E-state index contributed by atoms with van der Waals surface area (Å²) in [4.78, 5) is 73.0. The number of hydrogen-bond donors (Lipinski definition) is 2. The largest absolute Gasteiger partial charge is 0.477 e. The number of alkyl carbamates (subject to hydrolysis) is 1. The number of methoxy groups -OCH3 is 1. The lowest BCUT2D eigenvalue weighted by molar-refractivity contribution is -0.143. The monoisotopic (exact) mass is 621 g/mol. The molecule has 1 saturated carbocycles. The number of amides is 2. The number of rotatable bonds is 14. The Hall–Kier alpha value is -3.06. The van der Waals surface area contributed by atoms with Crippen molar-refractivity contribution in [3.8, 4) is 0 Å². The molecular weight excluding hydrogens is 574 g/mol. The number of aliphatic carboxylic acids is 1. The van der Waals surface area contributed by atoms with Crippen LogP contribution in [0.2, 0.25) is 0 Å². The average molecular weight is 622 g/mol. The Morgan fingerprint density at radius 1 is 1.18 bits per heavy atom. The van der Waals surface area contributed by atoms with Gasteiger partial charge in [-0.25, -0.2) is 9.59 Å². The summed E-state index contributed by atoms with van der Waals surface area (Å²) in [7, 11) is 1.48. The zero-order valence-corrected chi connectivity index (χ0v) is 26.5. The summed E-state index contributed by atoms with van der Waals surface area (Å²) < 4.78 is 16.4. The van der Waals surface area contributed by atoms with Gasteiger partial charge in [0.25, 0.3) is 0 Å². The van der Waals surface area contributed by atoms with Gasteiger partial charge in [-0.1, -0.05) is 39.3 Å². The Balaban J connectivity index is 1.57. The van der Waals surface area contributed by atoms with E-state index in [0.29, 0.717) is 31.8 Å². The van der Waals surface area contributed by atoms with Crippen LogP contribution in [0.1, 0.15) is 85.5 Å². The molecule has 3 fully saturated rings. The van der Waals surface area contributed by atoms with Crippen molar-refractivity contribution >= 4 is 35.2 Å². The first-order chi connectivity index (χ1) is 20.8. The molecule has 2 N–H and O–H groups in total. The fourth-order valence-corrected chi connectivity index (χ4v) is 6.46. The van der Waals surface area contributed by atoms with Gasteiger partial charge < -0.3 is 34.4 Å². The van der Waals surface area contributed by atoms with Gasteiger partial charge in [0.1, 0.15) is 18.2 Å². The summed E-state index contributed by atoms with van der Waals surface area (Å²) in [6.45, 7) is 8.02. The highest BCUT2D eigenvalue weighted by atomic mass is 16.7. The highest BCUT2D eigenvalue weighted by Crippen LogP contribution is 2.40. The number of nitrogens with one attached hydrogen (secondary N) is 1. The molecule has 13 nitrogen and oxygen atoms in total. The molecule has 3 heterocycles. The van der Waals surface area contributed by atoms with Crippen molar-refractivity contribution in [3.63, 3.8) is 0 Å². The molecule has 1 unspecified atom stereocenters. The van der Waals surface area contributed by atoms with Gasteiger partial charge in [-0.15, -0.1) is 0 Å². The molecule has 0 radical (unpaired) electrons. The van der Waals surface area contributed by atoms with E-state index in [-0.39, 0.29) is 55.6 Å². The van der Waals surface area contributed by atoms with Crippen molar-refractivity contribution in [3.05, 3.63) is 0 Å². The molecule has 1 aliphatic carbocycles. The van der Waals surface area contributed by atoms with E-state index < -0.39 is 53.3 Å². The van der Waals surface area contributed by atoms with Crippen LogP contribution in [0.3, 0.4) is 0 Å². The summed E-state index contributed by atoms with van der Waals surface area (Å²) in [5, 5.41) is 16.0. The van der Waals surface area contributed by atoms with Crippen LogP contribution in [0, 0.1) is 17.3 Å². The Morgan fingerprint density at radius 2 is 1.91 bits per heavy atom. The van der Waals surface area contributed by atoms with Crippen molar-refractivity contribution < 1.29 is 48.1 Å². The smallest absolute Gasteiger partial charge is 0.408 e. The van der Waals surface area contributed by atoms with Gasteiger partial charge in [0.05, 0.1) is 25.8 Å². The molecule has 0 aromatic carbocycles. The van der Waals surface area contributed by atoms with Crippen LogP contribution >= 0.6 is 0 Å². The Bertz CT molecular complexity index is 1140. The highest BCUT2D eigenvalue weighted by molar-refractivity contribution is 6.36. The molecule has 3 aliphatic heterocycles. The number of carbonyl (C=O) groups is 5. The van der Waals surface area contributed by atoms with Crippen LogP contribution < -0.4 is 5.32 Å². The first-order valence-corrected chi connectivity index (χ1v) is 15.7. The van der Waals surface area contributed by atoms with Crippen LogP contribution in [0.15, 0.2) is 5.16 Å². The fraction of sp³-hybridized carbons (Fsp3) is 0.806. The molecule has 0 bridgehead atoms. The van der Waals surface area contributed by atoms with Crippen molar-refractivity contribution in [2.75, 3.05) is 26.9 Å². The molecule has 0 aromatic rings. The van der Waals surface area contributed by atoms with E-state index in [1.165, 1.54) is 12.0 Å². The maximum absolute atomic E-state index is 14.3. The third-order valence-electron chi connectivity index (χ3n) is 8.99. The van der Waals surface area contributed by atoms with E-state index in [1.807, 2.05) is 6.92 Å². The number of likely N-dealkylation sites (tertiary alicyclic amines) is 1. The minimum Gasteiger partial charge on any atom is -0.477 e. The summed E-state index contributed by atoms with van der Waals surface area (Å²) >= 11 is 0. The van der Waals surface area contributed by atoms with Crippen molar-refractivity contribution in [1.82, 2.24) is 10.2 Å². The maximum atomic E-state index is 14.3. The number of carboxylic acids is 1. The Labute approximate surface area is 258 Å². The summed E-state index contributed by atoms with van der Waals surface area (Å²) in [6, 6.07) is -2.05. The van der Waals surface area contributed by atoms with Crippen molar-refractivity contribution in [2.24, 2.45) is 22.4 Å². The van der Waals surface area contributed by atoms with Crippen LogP contribution in [-0.4, -0.2) is 102 Å². The molecule has 2 saturated heterocycles. The highest BCUT2D eigenvalue weighted by Gasteiger charge is 2.56. The van der Waals surface area contributed by atoms with E-state index in [2.05, 4.69) is 10.5 Å². The quantitative estimate of drug-likeness (QED) is 0.294. The van der Waals surface area contributed by atoms with Gasteiger partial charge in [0.2, 0.25) is 5.91 Å². The number of ether oxygens (including phenoxy) is 3.